The first kappa shape index (κ1) is 10.9. The van der Waals surface area contributed by atoms with Crippen LogP contribution in [0.1, 0.15) is 34.3 Å². The highest BCUT2D eigenvalue weighted by Crippen LogP contribution is 2.50. The van der Waals surface area contributed by atoms with Crippen LogP contribution in [0.15, 0.2) is 174 Å². The first-order valence-corrected chi connectivity index (χ1v) is 13.4. The van der Waals surface area contributed by atoms with Gasteiger partial charge >= 0.3 is 0 Å². The fraction of sp³-hybridized carbons (Fsp3) is 0. The smallest absolute Gasteiger partial charge is 0.143 e. The van der Waals surface area contributed by atoms with Crippen molar-refractivity contribution in [3.63, 3.8) is 0 Å². The number of rotatable bonds is 4. The highest BCUT2D eigenvalue weighted by atomic mass is 16.3. The van der Waals surface area contributed by atoms with Crippen molar-refractivity contribution in [1.82, 2.24) is 0 Å². The van der Waals surface area contributed by atoms with Crippen LogP contribution in [0.25, 0.3) is 88.0 Å². The number of benzene rings is 8. The molecule has 0 N–H and O–H groups in total. The molecule has 1 heterocycles. The predicted molar refractivity (Wildman–Crippen MR) is 190 cm³/mol. The van der Waals surface area contributed by atoms with E-state index in [4.69, 9.17) is 31.8 Å². The molecule has 0 spiro atoms. The molecule has 0 amide bonds. The van der Waals surface area contributed by atoms with E-state index in [0.29, 0.717) is 0 Å². The van der Waals surface area contributed by atoms with E-state index in [1.165, 1.54) is 18.2 Å². The van der Waals surface area contributed by atoms with Crippen LogP contribution >= 0.6 is 0 Å². The summed E-state index contributed by atoms with van der Waals surface area (Å²) in [7, 11) is 0. The summed E-state index contributed by atoms with van der Waals surface area (Å²) in [5.41, 5.74) is -3.52. The molecule has 1 heteroatoms. The molecule has 0 aliphatic carbocycles. The molecule has 0 unspecified atom stereocenters. The van der Waals surface area contributed by atoms with Crippen LogP contribution in [-0.2, 0) is 0 Å². The first-order valence-electron chi connectivity index (χ1n) is 25.9. The largest absolute Gasteiger partial charge is 0.455 e. The fourth-order valence-corrected chi connectivity index (χ4v) is 5.55. The van der Waals surface area contributed by atoms with Gasteiger partial charge in [0.05, 0.1) is 34.3 Å². The maximum Gasteiger partial charge on any atom is 0.143 e. The van der Waals surface area contributed by atoms with E-state index in [0.717, 1.165) is 0 Å². The molecule has 0 saturated heterocycles. The van der Waals surface area contributed by atoms with Gasteiger partial charge in [0.25, 0.3) is 0 Å². The van der Waals surface area contributed by atoms with E-state index in [9.17, 15) is 6.85 Å². The van der Waals surface area contributed by atoms with Crippen LogP contribution in [-0.4, -0.2) is 0 Å². The molecule has 0 atom stereocenters. The van der Waals surface area contributed by atoms with E-state index in [2.05, 4.69) is 0 Å². The van der Waals surface area contributed by atoms with Gasteiger partial charge in [-0.1, -0.05) is 157 Å². The minimum atomic E-state index is -0.920. The average molecular weight is 598 g/mol. The molecule has 0 radical (unpaired) electrons. The molecule has 1 nitrogen and oxygen atoms in total. The Balaban J connectivity index is 1.65. The zero-order valence-electron chi connectivity index (χ0n) is 47.6. The molecule has 9 aromatic rings. The van der Waals surface area contributed by atoms with Crippen LogP contribution < -0.4 is 0 Å². The van der Waals surface area contributed by atoms with E-state index in [-0.39, 0.29) is 22.1 Å². The van der Waals surface area contributed by atoms with Crippen molar-refractivity contribution in [2.24, 2.45) is 0 Å². The van der Waals surface area contributed by atoms with Gasteiger partial charge in [0, 0.05) is 22.1 Å². The molecular weight excluding hydrogens is 544 g/mol. The second-order valence-corrected chi connectivity index (χ2v) is 9.77. The molecule has 1 aromatic heterocycles. The van der Waals surface area contributed by atoms with Gasteiger partial charge in [-0.25, -0.2) is 0 Å². The lowest BCUT2D eigenvalue weighted by Crippen LogP contribution is -1.91. The molecule has 0 bridgehead atoms. The summed E-state index contributed by atoms with van der Waals surface area (Å²) in [5, 5.41) is -3.66. The summed E-state index contributed by atoms with van der Waals surface area (Å²) in [5.74, 6) is -0.625. The normalized spacial score (nSPS) is 19.3. The van der Waals surface area contributed by atoms with Crippen molar-refractivity contribution < 1.29 is 38.7 Å². The second-order valence-electron chi connectivity index (χ2n) is 9.77. The lowest BCUT2D eigenvalue weighted by atomic mass is 9.84. The maximum atomic E-state index is 9.54. The molecule has 0 aliphatic rings. The second kappa shape index (κ2) is 10.4. The third kappa shape index (κ3) is 4.09. The van der Waals surface area contributed by atoms with Crippen molar-refractivity contribution in [2.75, 3.05) is 0 Å². The Morgan fingerprint density at radius 2 is 0.911 bits per heavy atom. The van der Waals surface area contributed by atoms with Crippen LogP contribution in [0.4, 0.5) is 0 Å². The summed E-state index contributed by atoms with van der Waals surface area (Å²) < 4.78 is 228. The van der Waals surface area contributed by atoms with Gasteiger partial charge in [-0.05, 0) is 66.7 Å². The Kier molecular flexibility index (Phi) is 2.51. The standard InChI is InChI=1S/C44H28O/c1-3-14-29(15-4-1)32-26-27-39-40(28-32)45-44(38-25-13-19-30-16-7-8-20-33(30)38)43(39)42-36-23-11-9-21-34(36)41(31-17-5-2-6-18-31)35-22-10-12-24-37(35)42/h1-28H/i1D,2D,3D,4D,5D,6D,7D,8D,9D,10D,11D,12D,13D,14D,15D,16D,17D,18D,19D,20D,21D,22D,23D,24D,25D. The van der Waals surface area contributed by atoms with Crippen molar-refractivity contribution in [3.8, 4) is 44.7 Å². The number of furan rings is 1. The van der Waals surface area contributed by atoms with E-state index < -0.39 is 217 Å². The summed E-state index contributed by atoms with van der Waals surface area (Å²) in [4.78, 5) is 0. The van der Waals surface area contributed by atoms with Gasteiger partial charge in [-0.3, -0.25) is 0 Å². The van der Waals surface area contributed by atoms with E-state index >= 15 is 0 Å². The predicted octanol–water partition coefficient (Wildman–Crippen LogP) is 12.6. The molecule has 9 rings (SSSR count). The van der Waals surface area contributed by atoms with E-state index in [1.807, 2.05) is 0 Å². The number of fused-ring (bicyclic) bond motifs is 4. The van der Waals surface area contributed by atoms with E-state index in [1.54, 1.807) is 0 Å². The monoisotopic (exact) mass is 597 g/mol. The quantitative estimate of drug-likeness (QED) is 0.184. The molecule has 0 saturated carbocycles. The molecule has 0 fully saturated rings. The van der Waals surface area contributed by atoms with Crippen molar-refractivity contribution in [3.05, 3.63) is 169 Å². The van der Waals surface area contributed by atoms with Crippen LogP contribution in [0.2, 0.25) is 0 Å². The third-order valence-electron chi connectivity index (χ3n) is 7.39. The lowest BCUT2D eigenvalue weighted by molar-refractivity contribution is 0.633. The Bertz CT molecular complexity index is 3800. The van der Waals surface area contributed by atoms with Gasteiger partial charge in [0.15, 0.2) is 0 Å². The van der Waals surface area contributed by atoms with Gasteiger partial charge < -0.3 is 4.42 Å². The van der Waals surface area contributed by atoms with Gasteiger partial charge in [-0.15, -0.1) is 0 Å². The molecule has 210 valence electrons. The minimum Gasteiger partial charge on any atom is -0.455 e. The number of hydrogen-bond donors (Lipinski definition) is 0. The first-order chi connectivity index (χ1) is 32.7. The fourth-order valence-electron chi connectivity index (χ4n) is 5.55. The SMILES string of the molecule is [2H]c1c([2H])c([2H])c(-c2ccc3c(-c4c5c([2H])c([2H])c([2H])c([2H])c5c(-c5c([2H])c([2H])c([2H])c([2H])c5[2H])c5c([2H])c([2H])c([2H])c([2H])c45)c(-c4c([2H])c([2H])c([2H])c5c([2H])c([2H])c([2H])c([2H])c45)oc3c2)c([2H])c1[2H]. The average Bonchev–Trinajstić information content (AvgIpc) is 3.71. The maximum absolute atomic E-state index is 9.54. The molecule has 8 aromatic carbocycles. The lowest BCUT2D eigenvalue weighted by Gasteiger charge is -2.18. The van der Waals surface area contributed by atoms with Gasteiger partial charge in [0.1, 0.15) is 11.3 Å². The molecule has 0 aliphatic heterocycles. The Labute approximate surface area is 296 Å². The Morgan fingerprint density at radius 3 is 1.58 bits per heavy atom. The molecule has 45 heavy (non-hydrogen) atoms. The molecular formula is C44H28O. The summed E-state index contributed by atoms with van der Waals surface area (Å²) in [6.07, 6.45) is 0. The Morgan fingerprint density at radius 1 is 0.378 bits per heavy atom. The summed E-state index contributed by atoms with van der Waals surface area (Å²) >= 11 is 0. The highest BCUT2D eigenvalue weighted by Gasteiger charge is 2.25. The van der Waals surface area contributed by atoms with Gasteiger partial charge in [-0.2, -0.15) is 0 Å². The van der Waals surface area contributed by atoms with Crippen LogP contribution in [0.5, 0.6) is 0 Å². The summed E-state index contributed by atoms with van der Waals surface area (Å²) in [6, 6.07) is -17.2. The Hall–Kier alpha value is -5.92. The zero-order chi connectivity index (χ0) is 51.5. The van der Waals surface area contributed by atoms with Crippen LogP contribution in [0, 0.1) is 0 Å². The van der Waals surface area contributed by atoms with Crippen molar-refractivity contribution in [1.29, 1.82) is 0 Å². The topological polar surface area (TPSA) is 13.1 Å². The minimum absolute atomic E-state index is 0.0630. The van der Waals surface area contributed by atoms with Crippen LogP contribution in [0.3, 0.4) is 0 Å². The highest BCUT2D eigenvalue weighted by molar-refractivity contribution is 6.25. The number of hydrogen-bond acceptors (Lipinski definition) is 1. The van der Waals surface area contributed by atoms with Crippen molar-refractivity contribution in [2.45, 2.75) is 0 Å². The summed E-state index contributed by atoms with van der Waals surface area (Å²) in [6.45, 7) is 0. The van der Waals surface area contributed by atoms with Gasteiger partial charge in [0.2, 0.25) is 0 Å². The van der Waals surface area contributed by atoms with Crippen molar-refractivity contribution >= 4 is 43.3 Å². The third-order valence-corrected chi connectivity index (χ3v) is 7.39. The zero-order valence-corrected chi connectivity index (χ0v) is 22.6.